The lowest BCUT2D eigenvalue weighted by Gasteiger charge is -2.27. The number of carbonyl (C=O) groups is 1. The summed E-state index contributed by atoms with van der Waals surface area (Å²) in [5.41, 5.74) is 5.79. The molecule has 186 valence electrons. The third-order valence-electron chi connectivity index (χ3n) is 6.51. The number of nitrogens with zero attached hydrogens (tertiary/aromatic N) is 2. The summed E-state index contributed by atoms with van der Waals surface area (Å²) in [6.45, 7) is 4.73. The SMILES string of the molecule is Cc1cccc(OCC(=O)Nc2sc3c(c2-c2nc4ccccc4s2)CCN(Cc2ccccc2)C3)c1. The fraction of sp³-hybridized carbons (Fsp3) is 0.200. The molecule has 0 radical (unpaired) electrons. The second kappa shape index (κ2) is 10.5. The van der Waals surface area contributed by atoms with Gasteiger partial charge in [0.2, 0.25) is 0 Å². The van der Waals surface area contributed by atoms with Gasteiger partial charge in [-0.25, -0.2) is 4.98 Å². The number of aryl methyl sites for hydroxylation is 1. The molecule has 37 heavy (non-hydrogen) atoms. The first-order valence-electron chi connectivity index (χ1n) is 12.4. The predicted molar refractivity (Wildman–Crippen MR) is 152 cm³/mol. The fourth-order valence-electron chi connectivity index (χ4n) is 4.74. The van der Waals surface area contributed by atoms with E-state index in [0.717, 1.165) is 57.4 Å². The highest BCUT2D eigenvalue weighted by Crippen LogP contribution is 2.45. The minimum absolute atomic E-state index is 0.0363. The Labute approximate surface area is 224 Å². The van der Waals surface area contributed by atoms with Gasteiger partial charge in [0.05, 0.1) is 10.2 Å². The summed E-state index contributed by atoms with van der Waals surface area (Å²) in [7, 11) is 0. The van der Waals surface area contributed by atoms with E-state index in [2.05, 4.69) is 46.6 Å². The Morgan fingerprint density at radius 3 is 2.70 bits per heavy atom. The van der Waals surface area contributed by atoms with Gasteiger partial charge in [-0.15, -0.1) is 22.7 Å². The molecule has 2 aromatic heterocycles. The van der Waals surface area contributed by atoms with Crippen LogP contribution >= 0.6 is 22.7 Å². The van der Waals surface area contributed by atoms with Gasteiger partial charge in [-0.05, 0) is 54.3 Å². The van der Waals surface area contributed by atoms with Crippen molar-refractivity contribution in [2.75, 3.05) is 18.5 Å². The summed E-state index contributed by atoms with van der Waals surface area (Å²) in [5, 5.41) is 4.99. The Kier molecular flexibility index (Phi) is 6.74. The van der Waals surface area contributed by atoms with Crippen molar-refractivity contribution in [3.63, 3.8) is 0 Å². The number of benzene rings is 3. The van der Waals surface area contributed by atoms with Gasteiger partial charge >= 0.3 is 0 Å². The second-order valence-electron chi connectivity index (χ2n) is 9.29. The molecule has 1 amide bonds. The van der Waals surface area contributed by atoms with E-state index in [9.17, 15) is 4.79 Å². The number of ether oxygens (including phenoxy) is 1. The largest absolute Gasteiger partial charge is 0.484 e. The molecule has 6 rings (SSSR count). The number of anilines is 1. The van der Waals surface area contributed by atoms with Gasteiger partial charge < -0.3 is 10.1 Å². The Hall–Kier alpha value is -3.52. The van der Waals surface area contributed by atoms with Crippen LogP contribution in [-0.2, 0) is 24.3 Å². The highest BCUT2D eigenvalue weighted by Gasteiger charge is 2.28. The Morgan fingerprint density at radius 1 is 1.03 bits per heavy atom. The van der Waals surface area contributed by atoms with E-state index in [1.54, 1.807) is 22.7 Å². The minimum atomic E-state index is -0.163. The molecule has 0 unspecified atom stereocenters. The fourth-order valence-corrected chi connectivity index (χ4v) is 7.16. The maximum absolute atomic E-state index is 13.0. The van der Waals surface area contributed by atoms with Crippen LogP contribution in [0.1, 0.15) is 21.6 Å². The molecule has 5 aromatic rings. The third kappa shape index (κ3) is 5.30. The standard InChI is InChI=1S/C30H27N3O2S2/c1-20-8-7-11-22(16-20)35-19-27(34)32-30-28(29-31-24-12-5-6-13-25(24)36-29)23-14-15-33(18-26(23)37-30)17-21-9-3-2-4-10-21/h2-13,16H,14-15,17-19H2,1H3,(H,32,34). The number of carbonyl (C=O) groups excluding carboxylic acids is 1. The number of aromatic nitrogens is 1. The number of amides is 1. The number of thiazole rings is 1. The van der Waals surface area contributed by atoms with Crippen molar-refractivity contribution < 1.29 is 9.53 Å². The Morgan fingerprint density at radius 2 is 1.86 bits per heavy atom. The average molecular weight is 526 g/mol. The van der Waals surface area contributed by atoms with Crippen molar-refractivity contribution >= 4 is 43.8 Å². The molecular formula is C30H27N3O2S2. The Balaban J connectivity index is 1.28. The second-order valence-corrected chi connectivity index (χ2v) is 11.4. The molecule has 5 nitrogen and oxygen atoms in total. The summed E-state index contributed by atoms with van der Waals surface area (Å²) in [6, 6.07) is 26.5. The van der Waals surface area contributed by atoms with Crippen molar-refractivity contribution in [2.24, 2.45) is 0 Å². The molecule has 0 aliphatic carbocycles. The normalized spacial score (nSPS) is 13.4. The van der Waals surface area contributed by atoms with Gasteiger partial charge in [-0.2, -0.15) is 0 Å². The first-order chi connectivity index (χ1) is 18.1. The quantitative estimate of drug-likeness (QED) is 0.251. The van der Waals surface area contributed by atoms with Gasteiger partial charge in [0.1, 0.15) is 15.8 Å². The van der Waals surface area contributed by atoms with E-state index >= 15 is 0 Å². The first-order valence-corrected chi connectivity index (χ1v) is 14.0. The predicted octanol–water partition coefficient (Wildman–Crippen LogP) is 6.91. The van der Waals surface area contributed by atoms with Crippen LogP contribution in [0, 0.1) is 6.92 Å². The maximum Gasteiger partial charge on any atom is 0.262 e. The van der Waals surface area contributed by atoms with Crippen LogP contribution in [0.15, 0.2) is 78.9 Å². The molecule has 0 atom stereocenters. The lowest BCUT2D eigenvalue weighted by atomic mass is 10.0. The number of nitrogens with one attached hydrogen (secondary N) is 1. The highest BCUT2D eigenvalue weighted by atomic mass is 32.1. The number of thiophene rings is 1. The van der Waals surface area contributed by atoms with Crippen LogP contribution < -0.4 is 10.1 Å². The number of hydrogen-bond donors (Lipinski definition) is 1. The monoisotopic (exact) mass is 525 g/mol. The molecule has 3 aromatic carbocycles. The molecule has 0 spiro atoms. The Bertz CT molecular complexity index is 1520. The zero-order valence-corrected chi connectivity index (χ0v) is 22.2. The molecule has 0 saturated heterocycles. The molecule has 1 N–H and O–H groups in total. The van der Waals surface area contributed by atoms with E-state index in [1.165, 1.54) is 16.0 Å². The minimum Gasteiger partial charge on any atom is -0.484 e. The smallest absolute Gasteiger partial charge is 0.262 e. The van der Waals surface area contributed by atoms with Crippen LogP contribution in [0.3, 0.4) is 0 Å². The lowest BCUT2D eigenvalue weighted by Crippen LogP contribution is -2.29. The topological polar surface area (TPSA) is 54.5 Å². The number of rotatable bonds is 7. The molecule has 0 saturated carbocycles. The first kappa shape index (κ1) is 23.9. The van der Waals surface area contributed by atoms with Crippen molar-refractivity contribution in [3.05, 3.63) is 100 Å². The van der Waals surface area contributed by atoms with E-state index in [0.29, 0.717) is 5.75 Å². The van der Waals surface area contributed by atoms with Crippen molar-refractivity contribution in [3.8, 4) is 16.3 Å². The zero-order chi connectivity index (χ0) is 25.2. The van der Waals surface area contributed by atoms with E-state index < -0.39 is 0 Å². The molecule has 0 bridgehead atoms. The third-order valence-corrected chi connectivity index (χ3v) is 8.69. The van der Waals surface area contributed by atoms with Crippen molar-refractivity contribution in [1.82, 2.24) is 9.88 Å². The van der Waals surface area contributed by atoms with E-state index in [1.807, 2.05) is 49.4 Å². The van der Waals surface area contributed by atoms with E-state index in [4.69, 9.17) is 9.72 Å². The molecule has 1 aliphatic rings. The molecule has 1 aliphatic heterocycles. The zero-order valence-electron chi connectivity index (χ0n) is 20.6. The summed E-state index contributed by atoms with van der Waals surface area (Å²) in [6.07, 6.45) is 0.930. The van der Waals surface area contributed by atoms with E-state index in [-0.39, 0.29) is 12.5 Å². The van der Waals surface area contributed by atoms with Crippen molar-refractivity contribution in [2.45, 2.75) is 26.4 Å². The van der Waals surface area contributed by atoms with Crippen LogP contribution in [-0.4, -0.2) is 28.9 Å². The average Bonchev–Trinajstić information content (AvgIpc) is 3.48. The number of hydrogen-bond acceptors (Lipinski definition) is 6. The molecule has 7 heteroatoms. The summed E-state index contributed by atoms with van der Waals surface area (Å²) in [4.78, 5) is 21.7. The number of para-hydroxylation sites is 1. The highest BCUT2D eigenvalue weighted by molar-refractivity contribution is 7.22. The summed E-state index contributed by atoms with van der Waals surface area (Å²) >= 11 is 3.35. The van der Waals surface area contributed by atoms with Gasteiger partial charge in [0.15, 0.2) is 6.61 Å². The van der Waals surface area contributed by atoms with Gasteiger partial charge in [-0.1, -0.05) is 54.6 Å². The molecule has 0 fully saturated rings. The molecule has 3 heterocycles. The van der Waals surface area contributed by atoms with Crippen LogP contribution in [0.25, 0.3) is 20.8 Å². The van der Waals surface area contributed by atoms with Crippen LogP contribution in [0.4, 0.5) is 5.00 Å². The summed E-state index contributed by atoms with van der Waals surface area (Å²) in [5.74, 6) is 0.534. The van der Waals surface area contributed by atoms with Gasteiger partial charge in [-0.3, -0.25) is 9.69 Å². The lowest BCUT2D eigenvalue weighted by molar-refractivity contribution is -0.118. The number of fused-ring (bicyclic) bond motifs is 2. The van der Waals surface area contributed by atoms with Gasteiger partial charge in [0.25, 0.3) is 5.91 Å². The molecular weight excluding hydrogens is 498 g/mol. The van der Waals surface area contributed by atoms with Crippen LogP contribution in [0.5, 0.6) is 5.75 Å². The van der Waals surface area contributed by atoms with Gasteiger partial charge in [0, 0.05) is 30.1 Å². The van der Waals surface area contributed by atoms with Crippen molar-refractivity contribution in [1.29, 1.82) is 0 Å². The maximum atomic E-state index is 13.0. The van der Waals surface area contributed by atoms with Crippen LogP contribution in [0.2, 0.25) is 0 Å². The summed E-state index contributed by atoms with van der Waals surface area (Å²) < 4.78 is 6.92.